The second-order valence-corrected chi connectivity index (χ2v) is 5.30. The first-order valence-corrected chi connectivity index (χ1v) is 7.85. The van der Waals surface area contributed by atoms with Crippen LogP contribution in [0, 0.1) is 0 Å². The van der Waals surface area contributed by atoms with Gasteiger partial charge in [0.05, 0.1) is 0 Å². The number of hydrogen-bond donors (Lipinski definition) is 3. The van der Waals surface area contributed by atoms with Gasteiger partial charge in [0, 0.05) is 24.8 Å². The number of unbranched alkanes of at least 4 members (excludes halogenated alkanes) is 1. The summed E-state index contributed by atoms with van der Waals surface area (Å²) in [6.45, 7) is 4.37. The summed E-state index contributed by atoms with van der Waals surface area (Å²) >= 11 is 0. The zero-order valence-corrected chi connectivity index (χ0v) is 13.8. The number of hydrogen-bond acceptors (Lipinski definition) is 5. The van der Waals surface area contributed by atoms with Crippen LogP contribution in [0.5, 0.6) is 0 Å². The van der Waals surface area contributed by atoms with Gasteiger partial charge in [-0.25, -0.2) is 0 Å². The van der Waals surface area contributed by atoms with Gasteiger partial charge in [-0.3, -0.25) is 9.59 Å². The molecule has 24 heavy (non-hydrogen) atoms. The van der Waals surface area contributed by atoms with Crippen LogP contribution >= 0.6 is 0 Å². The lowest BCUT2D eigenvalue weighted by Gasteiger charge is -2.08. The number of carbonyl (C=O) groups excluding carboxylic acids is 2. The van der Waals surface area contributed by atoms with Crippen molar-refractivity contribution in [2.45, 2.75) is 26.7 Å². The van der Waals surface area contributed by atoms with E-state index in [1.807, 2.05) is 0 Å². The fourth-order valence-electron chi connectivity index (χ4n) is 2.01. The number of carbonyl (C=O) groups is 2. The standard InChI is InChI=1S/C17H21N5O2/c1-3-4-10-18-16-9-8-15(21-22-16)17(24)20-14-7-5-6-13(11-14)19-12(2)23/h5-9,11H,3-4,10H2,1-2H3,(H,18,22)(H,19,23)(H,20,24). The van der Waals surface area contributed by atoms with Crippen LogP contribution < -0.4 is 16.0 Å². The van der Waals surface area contributed by atoms with Crippen LogP contribution in [-0.2, 0) is 4.79 Å². The molecule has 0 saturated heterocycles. The minimum Gasteiger partial charge on any atom is -0.369 e. The lowest BCUT2D eigenvalue weighted by molar-refractivity contribution is -0.114. The summed E-state index contributed by atoms with van der Waals surface area (Å²) in [5.74, 6) is 0.116. The van der Waals surface area contributed by atoms with Crippen LogP contribution in [-0.4, -0.2) is 28.6 Å². The van der Waals surface area contributed by atoms with E-state index in [-0.39, 0.29) is 17.5 Å². The summed E-state index contributed by atoms with van der Waals surface area (Å²) in [6.07, 6.45) is 2.15. The highest BCUT2D eigenvalue weighted by Gasteiger charge is 2.09. The zero-order valence-electron chi connectivity index (χ0n) is 13.8. The van der Waals surface area contributed by atoms with Gasteiger partial charge in [-0.2, -0.15) is 0 Å². The maximum absolute atomic E-state index is 12.2. The Kier molecular flexibility index (Phi) is 6.24. The van der Waals surface area contributed by atoms with Crippen molar-refractivity contribution in [3.05, 3.63) is 42.1 Å². The molecule has 0 bridgehead atoms. The predicted molar refractivity (Wildman–Crippen MR) is 94.1 cm³/mol. The zero-order chi connectivity index (χ0) is 17.4. The molecule has 0 atom stereocenters. The molecule has 0 aliphatic carbocycles. The van der Waals surface area contributed by atoms with E-state index >= 15 is 0 Å². The lowest BCUT2D eigenvalue weighted by Crippen LogP contribution is -2.15. The van der Waals surface area contributed by atoms with Crippen LogP contribution in [0.1, 0.15) is 37.2 Å². The number of aromatic nitrogens is 2. The van der Waals surface area contributed by atoms with E-state index in [1.165, 1.54) is 6.92 Å². The lowest BCUT2D eigenvalue weighted by atomic mass is 10.2. The van der Waals surface area contributed by atoms with Crippen LogP contribution in [0.3, 0.4) is 0 Å². The Morgan fingerprint density at radius 2 is 1.79 bits per heavy atom. The molecule has 0 radical (unpaired) electrons. The van der Waals surface area contributed by atoms with E-state index in [0.29, 0.717) is 17.2 Å². The van der Waals surface area contributed by atoms with E-state index in [9.17, 15) is 9.59 Å². The highest BCUT2D eigenvalue weighted by Crippen LogP contribution is 2.16. The first kappa shape index (κ1) is 17.4. The molecule has 2 rings (SSSR count). The van der Waals surface area contributed by atoms with Crippen molar-refractivity contribution in [1.29, 1.82) is 0 Å². The monoisotopic (exact) mass is 327 g/mol. The van der Waals surface area contributed by atoms with Crippen LogP contribution in [0.2, 0.25) is 0 Å². The molecule has 1 aromatic heterocycles. The Labute approximate surface area is 140 Å². The maximum atomic E-state index is 12.2. The molecule has 0 unspecified atom stereocenters. The first-order chi connectivity index (χ1) is 11.6. The van der Waals surface area contributed by atoms with Gasteiger partial charge in [0.2, 0.25) is 5.91 Å². The average molecular weight is 327 g/mol. The number of nitrogens with zero attached hydrogens (tertiary/aromatic N) is 2. The second-order valence-electron chi connectivity index (χ2n) is 5.30. The number of benzene rings is 1. The highest BCUT2D eigenvalue weighted by molar-refractivity contribution is 6.03. The average Bonchev–Trinajstić information content (AvgIpc) is 2.55. The van der Waals surface area contributed by atoms with Gasteiger partial charge in [0.1, 0.15) is 5.82 Å². The largest absolute Gasteiger partial charge is 0.369 e. The summed E-state index contributed by atoms with van der Waals surface area (Å²) < 4.78 is 0. The van der Waals surface area contributed by atoms with Crippen molar-refractivity contribution in [2.75, 3.05) is 22.5 Å². The first-order valence-electron chi connectivity index (χ1n) is 7.85. The Hall–Kier alpha value is -2.96. The molecule has 2 aromatic rings. The Bertz CT molecular complexity index is 700. The molecule has 0 aliphatic heterocycles. The predicted octanol–water partition coefficient (Wildman–Crippen LogP) is 2.90. The Morgan fingerprint density at radius 1 is 1.04 bits per heavy atom. The molecule has 0 saturated carbocycles. The van der Waals surface area contributed by atoms with Crippen LogP contribution in [0.25, 0.3) is 0 Å². The quantitative estimate of drug-likeness (QED) is 0.680. The second kappa shape index (κ2) is 8.61. The summed E-state index contributed by atoms with van der Waals surface area (Å²) in [4.78, 5) is 23.3. The summed E-state index contributed by atoms with van der Waals surface area (Å²) in [6, 6.07) is 10.2. The van der Waals surface area contributed by atoms with Crippen molar-refractivity contribution in [2.24, 2.45) is 0 Å². The van der Waals surface area contributed by atoms with Gasteiger partial charge in [0.15, 0.2) is 5.69 Å². The minimum atomic E-state index is -0.359. The van der Waals surface area contributed by atoms with E-state index in [0.717, 1.165) is 19.4 Å². The number of amides is 2. The molecular weight excluding hydrogens is 306 g/mol. The van der Waals surface area contributed by atoms with E-state index in [4.69, 9.17) is 0 Å². The third-order valence-electron chi connectivity index (χ3n) is 3.17. The van der Waals surface area contributed by atoms with Gasteiger partial charge in [-0.15, -0.1) is 10.2 Å². The number of rotatable bonds is 7. The Morgan fingerprint density at radius 3 is 2.42 bits per heavy atom. The van der Waals surface area contributed by atoms with Crippen molar-refractivity contribution in [1.82, 2.24) is 10.2 Å². The van der Waals surface area contributed by atoms with Crippen molar-refractivity contribution in [3.8, 4) is 0 Å². The smallest absolute Gasteiger partial charge is 0.276 e. The fraction of sp³-hybridized carbons (Fsp3) is 0.294. The summed E-state index contributed by atoms with van der Waals surface area (Å²) in [5.41, 5.74) is 1.40. The van der Waals surface area contributed by atoms with Crippen LogP contribution in [0.4, 0.5) is 17.2 Å². The van der Waals surface area contributed by atoms with Gasteiger partial charge in [-0.05, 0) is 36.8 Å². The third kappa shape index (κ3) is 5.35. The number of anilines is 3. The molecule has 0 aliphatic rings. The fourth-order valence-corrected chi connectivity index (χ4v) is 2.01. The van der Waals surface area contributed by atoms with Gasteiger partial charge >= 0.3 is 0 Å². The molecule has 0 fully saturated rings. The molecule has 126 valence electrons. The Balaban J connectivity index is 1.98. The van der Waals surface area contributed by atoms with Gasteiger partial charge < -0.3 is 16.0 Å². The molecule has 3 N–H and O–H groups in total. The summed E-state index contributed by atoms with van der Waals surface area (Å²) in [5, 5.41) is 16.5. The minimum absolute atomic E-state index is 0.171. The van der Waals surface area contributed by atoms with Gasteiger partial charge in [0.25, 0.3) is 5.91 Å². The van der Waals surface area contributed by atoms with Crippen molar-refractivity contribution >= 4 is 29.0 Å². The number of nitrogens with one attached hydrogen (secondary N) is 3. The molecule has 7 heteroatoms. The molecule has 1 aromatic carbocycles. The van der Waals surface area contributed by atoms with E-state index in [2.05, 4.69) is 33.1 Å². The van der Waals surface area contributed by atoms with E-state index < -0.39 is 0 Å². The maximum Gasteiger partial charge on any atom is 0.276 e. The van der Waals surface area contributed by atoms with E-state index in [1.54, 1.807) is 36.4 Å². The third-order valence-corrected chi connectivity index (χ3v) is 3.17. The van der Waals surface area contributed by atoms with Crippen molar-refractivity contribution in [3.63, 3.8) is 0 Å². The van der Waals surface area contributed by atoms with Crippen LogP contribution in [0.15, 0.2) is 36.4 Å². The molecule has 1 heterocycles. The van der Waals surface area contributed by atoms with Crippen molar-refractivity contribution < 1.29 is 9.59 Å². The molecule has 2 amide bonds. The molecule has 7 nitrogen and oxygen atoms in total. The normalized spacial score (nSPS) is 10.1. The molecular formula is C17H21N5O2. The van der Waals surface area contributed by atoms with Gasteiger partial charge in [-0.1, -0.05) is 19.4 Å². The SMILES string of the molecule is CCCCNc1ccc(C(=O)Nc2cccc(NC(C)=O)c2)nn1. The molecule has 0 spiro atoms. The highest BCUT2D eigenvalue weighted by atomic mass is 16.2. The summed E-state index contributed by atoms with van der Waals surface area (Å²) in [7, 11) is 0. The topological polar surface area (TPSA) is 96.0 Å².